The summed E-state index contributed by atoms with van der Waals surface area (Å²) in [5.41, 5.74) is 2.62. The molecule has 0 aliphatic carbocycles. The smallest absolute Gasteiger partial charge is 0.0483 e. The van der Waals surface area contributed by atoms with Crippen molar-refractivity contribution in [3.05, 3.63) is 35.4 Å². The lowest BCUT2D eigenvalue weighted by atomic mass is 10.0. The minimum atomic E-state index is -0.167. The highest BCUT2D eigenvalue weighted by atomic mass is 16.3. The maximum atomic E-state index is 8.74. The van der Waals surface area contributed by atoms with Gasteiger partial charge in [0.2, 0.25) is 0 Å². The molecule has 0 saturated carbocycles. The Balaban J connectivity index is 0.000000423. The van der Waals surface area contributed by atoms with E-state index < -0.39 is 0 Å². The molecule has 2 nitrogen and oxygen atoms in total. The van der Waals surface area contributed by atoms with Gasteiger partial charge in [0.25, 0.3) is 0 Å². The first-order valence-corrected chi connectivity index (χ1v) is 5.47. The molecule has 0 aromatic heterocycles. The molecular weight excluding hydrogens is 188 g/mol. The average molecular weight is 210 g/mol. The van der Waals surface area contributed by atoms with Crippen molar-refractivity contribution in [1.29, 1.82) is 0 Å². The molecule has 1 rings (SSSR count). The van der Waals surface area contributed by atoms with Gasteiger partial charge in [-0.3, -0.25) is 0 Å². The second kappa shape index (κ2) is 8.45. The zero-order chi connectivity index (χ0) is 11.7. The normalized spacial score (nSPS) is 9.73. The van der Waals surface area contributed by atoms with E-state index in [9.17, 15) is 0 Å². The number of hydrogen-bond acceptors (Lipinski definition) is 2. The number of hydrogen-bond donors (Lipinski definition) is 2. The van der Waals surface area contributed by atoms with Gasteiger partial charge in [-0.25, -0.2) is 0 Å². The van der Waals surface area contributed by atoms with Crippen molar-refractivity contribution in [2.24, 2.45) is 0 Å². The van der Waals surface area contributed by atoms with Crippen LogP contribution in [0.5, 0.6) is 0 Å². The summed E-state index contributed by atoms with van der Waals surface area (Å²) in [7, 11) is 0. The third-order valence-corrected chi connectivity index (χ3v) is 1.88. The molecule has 86 valence electrons. The van der Waals surface area contributed by atoms with Gasteiger partial charge < -0.3 is 10.2 Å². The summed E-state index contributed by atoms with van der Waals surface area (Å²) < 4.78 is 0. The highest BCUT2D eigenvalue weighted by Crippen LogP contribution is 2.09. The number of rotatable bonds is 3. The van der Waals surface area contributed by atoms with E-state index in [1.807, 2.05) is 12.1 Å². The van der Waals surface area contributed by atoms with Crippen LogP contribution in [-0.4, -0.2) is 22.9 Å². The summed E-state index contributed by atoms with van der Waals surface area (Å²) >= 11 is 0. The van der Waals surface area contributed by atoms with Crippen molar-refractivity contribution < 1.29 is 10.2 Å². The van der Waals surface area contributed by atoms with Gasteiger partial charge in [0.05, 0.1) is 0 Å². The topological polar surface area (TPSA) is 40.5 Å². The third kappa shape index (κ3) is 7.11. The van der Waals surface area contributed by atoms with Crippen LogP contribution in [0.3, 0.4) is 0 Å². The molecule has 0 aliphatic rings. The highest BCUT2D eigenvalue weighted by Gasteiger charge is 1.96. The summed E-state index contributed by atoms with van der Waals surface area (Å²) in [5, 5.41) is 16.8. The van der Waals surface area contributed by atoms with Crippen molar-refractivity contribution in [1.82, 2.24) is 0 Å². The first-order valence-electron chi connectivity index (χ1n) is 5.47. The molecule has 15 heavy (non-hydrogen) atoms. The molecule has 1 aromatic rings. The molecule has 2 heteroatoms. The zero-order valence-corrected chi connectivity index (χ0v) is 9.90. The maximum Gasteiger partial charge on any atom is 0.0483 e. The van der Waals surface area contributed by atoms with E-state index in [0.29, 0.717) is 0 Å². The predicted molar refractivity (Wildman–Crippen MR) is 64.0 cm³/mol. The van der Waals surface area contributed by atoms with E-state index in [1.54, 1.807) is 13.8 Å². The summed E-state index contributed by atoms with van der Waals surface area (Å²) in [6, 6.07) is 8.25. The van der Waals surface area contributed by atoms with Gasteiger partial charge in [0.1, 0.15) is 0 Å². The molecule has 0 spiro atoms. The zero-order valence-electron chi connectivity index (χ0n) is 9.90. The van der Waals surface area contributed by atoms with Crippen molar-refractivity contribution in [3.63, 3.8) is 0 Å². The van der Waals surface area contributed by atoms with Crippen LogP contribution < -0.4 is 0 Å². The van der Waals surface area contributed by atoms with Crippen LogP contribution in [0, 0.1) is 0 Å². The lowest BCUT2D eigenvalue weighted by molar-refractivity contribution is 0.216. The molecule has 0 radical (unpaired) electrons. The Labute approximate surface area is 92.6 Å². The Hall–Kier alpha value is -0.860. The second-order valence-electron chi connectivity index (χ2n) is 3.69. The van der Waals surface area contributed by atoms with Crippen LogP contribution in [0.15, 0.2) is 24.3 Å². The van der Waals surface area contributed by atoms with Gasteiger partial charge in [-0.05, 0) is 37.8 Å². The lowest BCUT2D eigenvalue weighted by Gasteiger charge is -2.04. The Morgan fingerprint density at radius 1 is 1.13 bits per heavy atom. The van der Waals surface area contributed by atoms with Crippen LogP contribution in [0.4, 0.5) is 0 Å². The molecule has 0 fully saturated rings. The number of aliphatic hydroxyl groups excluding tert-OH is 2. The molecule has 0 atom stereocenters. The SMILES string of the molecule is CC(C)O.CCc1ccccc1CCO. The number of aryl methyl sites for hydroxylation is 1. The van der Waals surface area contributed by atoms with Crippen molar-refractivity contribution in [2.45, 2.75) is 39.7 Å². The number of benzene rings is 1. The Morgan fingerprint density at radius 3 is 2.00 bits per heavy atom. The van der Waals surface area contributed by atoms with Crippen LogP contribution in [0.25, 0.3) is 0 Å². The van der Waals surface area contributed by atoms with Gasteiger partial charge in [0, 0.05) is 12.7 Å². The Kier molecular flexibility index (Phi) is 7.96. The lowest BCUT2D eigenvalue weighted by Crippen LogP contribution is -1.95. The average Bonchev–Trinajstić information content (AvgIpc) is 2.18. The first kappa shape index (κ1) is 14.1. The molecule has 1 aromatic carbocycles. The minimum Gasteiger partial charge on any atom is -0.396 e. The van der Waals surface area contributed by atoms with Crippen LogP contribution in [0.1, 0.15) is 31.9 Å². The van der Waals surface area contributed by atoms with E-state index in [-0.39, 0.29) is 12.7 Å². The van der Waals surface area contributed by atoms with Crippen molar-refractivity contribution in [2.75, 3.05) is 6.61 Å². The Morgan fingerprint density at radius 2 is 1.60 bits per heavy atom. The Bertz CT molecular complexity index is 254. The van der Waals surface area contributed by atoms with Gasteiger partial charge in [-0.1, -0.05) is 31.2 Å². The largest absolute Gasteiger partial charge is 0.396 e. The van der Waals surface area contributed by atoms with E-state index in [4.69, 9.17) is 10.2 Å². The predicted octanol–water partition coefficient (Wildman–Crippen LogP) is 2.17. The monoisotopic (exact) mass is 210 g/mol. The second-order valence-corrected chi connectivity index (χ2v) is 3.69. The maximum absolute atomic E-state index is 8.74. The fraction of sp³-hybridized carbons (Fsp3) is 0.538. The van der Waals surface area contributed by atoms with Crippen molar-refractivity contribution in [3.8, 4) is 0 Å². The molecule has 0 aliphatic heterocycles. The highest BCUT2D eigenvalue weighted by molar-refractivity contribution is 5.26. The van der Waals surface area contributed by atoms with Gasteiger partial charge in [-0.15, -0.1) is 0 Å². The van der Waals surface area contributed by atoms with E-state index in [1.165, 1.54) is 11.1 Å². The summed E-state index contributed by atoms with van der Waals surface area (Å²) in [5.74, 6) is 0. The number of aliphatic hydroxyl groups is 2. The quantitative estimate of drug-likeness (QED) is 0.802. The minimum absolute atomic E-state index is 0.167. The van der Waals surface area contributed by atoms with Crippen LogP contribution in [0.2, 0.25) is 0 Å². The first-order chi connectivity index (χ1) is 7.11. The standard InChI is InChI=1S/C10H14O.C3H8O/c1-2-9-5-3-4-6-10(9)7-8-11;1-3(2)4/h3-6,11H,2,7-8H2,1H3;3-4H,1-2H3. The van der Waals surface area contributed by atoms with Gasteiger partial charge in [-0.2, -0.15) is 0 Å². The molecule has 0 bridgehead atoms. The van der Waals surface area contributed by atoms with Crippen molar-refractivity contribution >= 4 is 0 Å². The third-order valence-electron chi connectivity index (χ3n) is 1.88. The summed E-state index contributed by atoms with van der Waals surface area (Å²) in [6.07, 6.45) is 1.67. The van der Waals surface area contributed by atoms with E-state index in [0.717, 1.165) is 12.8 Å². The fourth-order valence-corrected chi connectivity index (χ4v) is 1.27. The van der Waals surface area contributed by atoms with Gasteiger partial charge in [0.15, 0.2) is 0 Å². The van der Waals surface area contributed by atoms with Crippen LogP contribution in [-0.2, 0) is 12.8 Å². The van der Waals surface area contributed by atoms with E-state index in [2.05, 4.69) is 19.1 Å². The molecule has 0 amide bonds. The fourth-order valence-electron chi connectivity index (χ4n) is 1.27. The summed E-state index contributed by atoms with van der Waals surface area (Å²) in [4.78, 5) is 0. The van der Waals surface area contributed by atoms with Gasteiger partial charge >= 0.3 is 0 Å². The molecule has 2 N–H and O–H groups in total. The molecule has 0 saturated heterocycles. The molecule has 0 heterocycles. The molecule has 0 unspecified atom stereocenters. The molecular formula is C13H22O2. The van der Waals surface area contributed by atoms with Crippen LogP contribution >= 0.6 is 0 Å². The summed E-state index contributed by atoms with van der Waals surface area (Å²) in [6.45, 7) is 5.83. The van der Waals surface area contributed by atoms with E-state index >= 15 is 0 Å².